The number of hydrogen-bond acceptors (Lipinski definition) is 1. The third kappa shape index (κ3) is 4.74. The molecule has 0 amide bonds. The van der Waals surface area contributed by atoms with E-state index in [4.69, 9.17) is 5.11 Å². The highest BCUT2D eigenvalue weighted by Gasteiger charge is 2.05. The maximum Gasteiger partial charge on any atom is 0.336 e. The lowest BCUT2D eigenvalue weighted by Gasteiger charge is -1.97. The summed E-state index contributed by atoms with van der Waals surface area (Å²) in [4.78, 5) is 10.9. The summed E-state index contributed by atoms with van der Waals surface area (Å²) in [5.41, 5.74) is 0.893. The zero-order valence-corrected chi connectivity index (χ0v) is 10.2. The Labute approximate surface area is 103 Å². The van der Waals surface area contributed by atoms with Gasteiger partial charge in [-0.2, -0.15) is 0 Å². The molecule has 0 heterocycles. The summed E-state index contributed by atoms with van der Waals surface area (Å²) in [6.45, 7) is 2.18. The number of rotatable bonds is 5. The zero-order chi connectivity index (χ0) is 12.5. The molecule has 2 heteroatoms. The monoisotopic (exact) mass is 230 g/mol. The molecule has 0 atom stereocenters. The van der Waals surface area contributed by atoms with Crippen LogP contribution in [0.4, 0.5) is 0 Å². The van der Waals surface area contributed by atoms with Crippen molar-refractivity contribution >= 4 is 5.97 Å². The summed E-state index contributed by atoms with van der Waals surface area (Å²) < 4.78 is 0. The first-order valence-corrected chi connectivity index (χ1v) is 6.07. The van der Waals surface area contributed by atoms with Crippen LogP contribution in [0.3, 0.4) is 0 Å². The van der Waals surface area contributed by atoms with Crippen molar-refractivity contribution < 1.29 is 9.90 Å². The Balaban J connectivity index is 2.56. The number of carboxylic acids is 1. The van der Waals surface area contributed by atoms with Gasteiger partial charge in [-0.25, -0.2) is 4.79 Å². The molecule has 0 bridgehead atoms. The Morgan fingerprint density at radius 3 is 2.71 bits per heavy atom. The van der Waals surface area contributed by atoms with Crippen molar-refractivity contribution in [3.05, 3.63) is 35.4 Å². The molecule has 0 saturated carbocycles. The van der Waals surface area contributed by atoms with E-state index >= 15 is 0 Å². The van der Waals surface area contributed by atoms with Crippen molar-refractivity contribution in [2.75, 3.05) is 0 Å². The molecule has 1 N–H and O–H groups in total. The van der Waals surface area contributed by atoms with Crippen LogP contribution in [0.2, 0.25) is 0 Å². The van der Waals surface area contributed by atoms with Crippen molar-refractivity contribution in [1.82, 2.24) is 0 Å². The number of carbonyl (C=O) groups is 1. The number of unbranched alkanes of at least 4 members (excludes halogenated alkanes) is 4. The molecule has 0 aliphatic rings. The predicted octanol–water partition coefficient (Wildman–Crippen LogP) is 3.71. The van der Waals surface area contributed by atoms with Crippen molar-refractivity contribution in [2.45, 2.75) is 39.0 Å². The molecule has 0 saturated heterocycles. The lowest BCUT2D eigenvalue weighted by Crippen LogP contribution is -1.99. The van der Waals surface area contributed by atoms with E-state index in [1.54, 1.807) is 18.2 Å². The summed E-state index contributed by atoms with van der Waals surface area (Å²) in [6.07, 6.45) is 5.60. The highest BCUT2D eigenvalue weighted by atomic mass is 16.4. The fourth-order valence-corrected chi connectivity index (χ4v) is 1.58. The molecule has 0 unspecified atom stereocenters. The molecule has 2 nitrogen and oxygen atoms in total. The Morgan fingerprint density at radius 2 is 2.00 bits per heavy atom. The highest BCUT2D eigenvalue weighted by Crippen LogP contribution is 2.07. The number of aromatic carboxylic acids is 1. The third-order valence-corrected chi connectivity index (χ3v) is 2.54. The van der Waals surface area contributed by atoms with Gasteiger partial charge in [-0.15, -0.1) is 0 Å². The van der Waals surface area contributed by atoms with Crippen molar-refractivity contribution in [1.29, 1.82) is 0 Å². The topological polar surface area (TPSA) is 37.3 Å². The Kier molecular flexibility index (Phi) is 5.88. The maximum atomic E-state index is 10.9. The second-order valence-electron chi connectivity index (χ2n) is 3.96. The first-order chi connectivity index (χ1) is 8.25. The number of carboxylic acid groups (broad SMARTS) is 1. The van der Waals surface area contributed by atoms with Crippen LogP contribution in [0.1, 0.15) is 54.9 Å². The first-order valence-electron chi connectivity index (χ1n) is 6.07. The minimum atomic E-state index is -0.916. The minimum absolute atomic E-state index is 0.286. The smallest absolute Gasteiger partial charge is 0.336 e. The Bertz CT molecular complexity index is 424. The SMILES string of the molecule is CCCCCCC#Cc1ccccc1C(=O)O. The molecule has 1 aromatic rings. The van der Waals surface area contributed by atoms with Crippen LogP contribution in [0, 0.1) is 11.8 Å². The quantitative estimate of drug-likeness (QED) is 0.618. The first kappa shape index (κ1) is 13.3. The summed E-state index contributed by atoms with van der Waals surface area (Å²) in [5, 5.41) is 8.97. The van der Waals surface area contributed by atoms with Gasteiger partial charge in [-0.3, -0.25) is 0 Å². The molecule has 0 fully saturated rings. The van der Waals surface area contributed by atoms with Gasteiger partial charge in [0.05, 0.1) is 5.56 Å². The predicted molar refractivity (Wildman–Crippen MR) is 69.0 cm³/mol. The van der Waals surface area contributed by atoms with Crippen LogP contribution in [0.25, 0.3) is 0 Å². The van der Waals surface area contributed by atoms with E-state index in [1.165, 1.54) is 19.3 Å². The second-order valence-corrected chi connectivity index (χ2v) is 3.96. The van der Waals surface area contributed by atoms with Gasteiger partial charge in [-0.05, 0) is 18.6 Å². The third-order valence-electron chi connectivity index (χ3n) is 2.54. The van der Waals surface area contributed by atoms with Crippen LogP contribution in [0.5, 0.6) is 0 Å². The van der Waals surface area contributed by atoms with E-state index in [-0.39, 0.29) is 5.56 Å². The van der Waals surface area contributed by atoms with Gasteiger partial charge in [0.2, 0.25) is 0 Å². The van der Waals surface area contributed by atoms with Crippen molar-refractivity contribution in [2.24, 2.45) is 0 Å². The minimum Gasteiger partial charge on any atom is -0.478 e. The van der Waals surface area contributed by atoms with E-state index in [1.807, 2.05) is 6.07 Å². The largest absolute Gasteiger partial charge is 0.478 e. The average Bonchev–Trinajstić information content (AvgIpc) is 2.34. The van der Waals surface area contributed by atoms with Crippen LogP contribution in [-0.4, -0.2) is 11.1 Å². The molecule has 0 radical (unpaired) electrons. The van der Waals surface area contributed by atoms with Gasteiger partial charge in [-0.1, -0.05) is 50.2 Å². The average molecular weight is 230 g/mol. The fraction of sp³-hybridized carbons (Fsp3) is 0.400. The molecule has 0 spiro atoms. The van der Waals surface area contributed by atoms with E-state index < -0.39 is 5.97 Å². The Morgan fingerprint density at radius 1 is 1.24 bits per heavy atom. The number of hydrogen-bond donors (Lipinski definition) is 1. The highest BCUT2D eigenvalue weighted by molar-refractivity contribution is 5.90. The second kappa shape index (κ2) is 7.51. The van der Waals surface area contributed by atoms with E-state index in [0.29, 0.717) is 5.56 Å². The van der Waals surface area contributed by atoms with E-state index in [2.05, 4.69) is 18.8 Å². The molecule has 1 aromatic carbocycles. The van der Waals surface area contributed by atoms with Gasteiger partial charge in [0.1, 0.15) is 0 Å². The summed E-state index contributed by atoms with van der Waals surface area (Å²) in [6, 6.07) is 6.87. The molecule has 0 aliphatic carbocycles. The van der Waals surface area contributed by atoms with Gasteiger partial charge in [0.25, 0.3) is 0 Å². The van der Waals surface area contributed by atoms with Gasteiger partial charge >= 0.3 is 5.97 Å². The maximum absolute atomic E-state index is 10.9. The van der Waals surface area contributed by atoms with Crippen molar-refractivity contribution in [3.8, 4) is 11.8 Å². The summed E-state index contributed by atoms with van der Waals surface area (Å²) in [7, 11) is 0. The number of benzene rings is 1. The molecule has 0 aromatic heterocycles. The van der Waals surface area contributed by atoms with Gasteiger partial charge in [0.15, 0.2) is 0 Å². The van der Waals surface area contributed by atoms with Crippen LogP contribution < -0.4 is 0 Å². The Hall–Kier alpha value is -1.75. The normalized spacial score (nSPS) is 9.47. The molecule has 90 valence electrons. The molecule has 1 rings (SSSR count). The van der Waals surface area contributed by atoms with E-state index in [0.717, 1.165) is 12.8 Å². The van der Waals surface area contributed by atoms with Crippen molar-refractivity contribution in [3.63, 3.8) is 0 Å². The van der Waals surface area contributed by atoms with Gasteiger partial charge in [0, 0.05) is 12.0 Å². The van der Waals surface area contributed by atoms with E-state index in [9.17, 15) is 4.79 Å². The fourth-order valence-electron chi connectivity index (χ4n) is 1.58. The zero-order valence-electron chi connectivity index (χ0n) is 10.2. The summed E-state index contributed by atoms with van der Waals surface area (Å²) in [5.74, 6) is 5.07. The molecule has 0 aliphatic heterocycles. The molecule has 17 heavy (non-hydrogen) atoms. The van der Waals surface area contributed by atoms with Gasteiger partial charge < -0.3 is 5.11 Å². The standard InChI is InChI=1S/C15H18O2/c1-2-3-4-5-6-7-10-13-11-8-9-12-14(13)15(16)17/h8-9,11-12H,2-6H2,1H3,(H,16,17). The van der Waals surface area contributed by atoms with Crippen LogP contribution >= 0.6 is 0 Å². The summed E-state index contributed by atoms with van der Waals surface area (Å²) >= 11 is 0. The lowest BCUT2D eigenvalue weighted by atomic mass is 10.1. The van der Waals surface area contributed by atoms with Crippen LogP contribution in [-0.2, 0) is 0 Å². The molecular weight excluding hydrogens is 212 g/mol. The molecular formula is C15H18O2. The lowest BCUT2D eigenvalue weighted by molar-refractivity contribution is 0.0696. The van der Waals surface area contributed by atoms with Crippen LogP contribution in [0.15, 0.2) is 24.3 Å².